The Hall–Kier alpha value is -2.68. The third-order valence-corrected chi connectivity index (χ3v) is 5.39. The fraction of sp³-hybridized carbons (Fsp3) is 0.304. The van der Waals surface area contributed by atoms with Crippen molar-refractivity contribution in [2.24, 2.45) is 0 Å². The van der Waals surface area contributed by atoms with Crippen molar-refractivity contribution in [2.75, 3.05) is 0 Å². The molecule has 1 aliphatic rings. The van der Waals surface area contributed by atoms with Gasteiger partial charge in [0.15, 0.2) is 5.78 Å². The number of carbonyl (C=O) groups excluding carboxylic acids is 1. The van der Waals surface area contributed by atoms with Gasteiger partial charge >= 0.3 is 0 Å². The zero-order valence-electron chi connectivity index (χ0n) is 15.6. The van der Waals surface area contributed by atoms with Gasteiger partial charge in [-0.25, -0.2) is 4.68 Å². The van der Waals surface area contributed by atoms with Crippen molar-refractivity contribution in [2.45, 2.75) is 45.4 Å². The number of rotatable bonds is 3. The molecule has 132 valence electrons. The maximum atomic E-state index is 12.7. The number of benzene rings is 2. The van der Waals surface area contributed by atoms with E-state index >= 15 is 0 Å². The highest BCUT2D eigenvalue weighted by atomic mass is 16.1. The Morgan fingerprint density at radius 2 is 1.69 bits per heavy atom. The molecule has 1 atom stereocenters. The third-order valence-electron chi connectivity index (χ3n) is 5.39. The predicted octanol–water partition coefficient (Wildman–Crippen LogP) is 5.22. The lowest BCUT2D eigenvalue weighted by atomic mass is 9.82. The summed E-state index contributed by atoms with van der Waals surface area (Å²) < 4.78 is 1.93. The average Bonchev–Trinajstić information content (AvgIpc) is 3.07. The molecule has 1 heterocycles. The molecule has 0 aliphatic heterocycles. The van der Waals surface area contributed by atoms with Crippen molar-refractivity contribution < 1.29 is 4.79 Å². The average molecular weight is 344 g/mol. The fourth-order valence-electron chi connectivity index (χ4n) is 3.74. The number of aryl methyl sites for hydroxylation is 1. The molecule has 0 spiro atoms. The molecule has 26 heavy (non-hydrogen) atoms. The molecular weight excluding hydrogens is 320 g/mol. The Morgan fingerprint density at radius 3 is 2.35 bits per heavy atom. The number of fused-ring (bicyclic) bond motifs is 1. The molecule has 1 aliphatic carbocycles. The van der Waals surface area contributed by atoms with Crippen LogP contribution in [-0.4, -0.2) is 15.6 Å². The molecule has 0 bridgehead atoms. The SMILES string of the molecule is Cc1ccc(-n2ncc3c2C[C@@H](c2ccc(C(C)C)cc2)CC3=O)cc1. The zero-order chi connectivity index (χ0) is 18.3. The molecule has 2 aromatic carbocycles. The number of nitrogens with zero attached hydrogens (tertiary/aromatic N) is 2. The summed E-state index contributed by atoms with van der Waals surface area (Å²) in [5.74, 6) is 0.936. The van der Waals surface area contributed by atoms with E-state index in [0.29, 0.717) is 12.3 Å². The van der Waals surface area contributed by atoms with Crippen LogP contribution < -0.4 is 0 Å². The molecule has 0 unspecified atom stereocenters. The summed E-state index contributed by atoms with van der Waals surface area (Å²) in [7, 11) is 0. The van der Waals surface area contributed by atoms with Crippen molar-refractivity contribution in [3.05, 3.63) is 82.7 Å². The van der Waals surface area contributed by atoms with Gasteiger partial charge in [0.2, 0.25) is 0 Å². The van der Waals surface area contributed by atoms with Gasteiger partial charge in [-0.15, -0.1) is 0 Å². The molecule has 0 saturated heterocycles. The van der Waals surface area contributed by atoms with Crippen LogP contribution in [-0.2, 0) is 6.42 Å². The lowest BCUT2D eigenvalue weighted by molar-refractivity contribution is 0.0963. The summed E-state index contributed by atoms with van der Waals surface area (Å²) in [5.41, 5.74) is 6.62. The largest absolute Gasteiger partial charge is 0.294 e. The van der Waals surface area contributed by atoms with Crippen LogP contribution in [0.3, 0.4) is 0 Å². The first-order valence-electron chi connectivity index (χ1n) is 9.30. The maximum absolute atomic E-state index is 12.7. The number of hydrogen-bond acceptors (Lipinski definition) is 2. The first-order chi connectivity index (χ1) is 12.5. The quantitative estimate of drug-likeness (QED) is 0.653. The number of carbonyl (C=O) groups is 1. The summed E-state index contributed by atoms with van der Waals surface area (Å²) in [6.45, 7) is 6.47. The molecule has 0 N–H and O–H groups in total. The van der Waals surface area contributed by atoms with Gasteiger partial charge in [0.25, 0.3) is 0 Å². The van der Waals surface area contributed by atoms with Gasteiger partial charge in [0.1, 0.15) is 0 Å². The minimum absolute atomic E-state index is 0.197. The zero-order valence-corrected chi connectivity index (χ0v) is 15.6. The Bertz CT molecular complexity index is 933. The van der Waals surface area contributed by atoms with E-state index in [0.717, 1.165) is 23.4 Å². The van der Waals surface area contributed by atoms with Crippen LogP contribution >= 0.6 is 0 Å². The Kier molecular flexibility index (Phi) is 4.23. The summed E-state index contributed by atoms with van der Waals surface area (Å²) in [6, 6.07) is 17.0. The van der Waals surface area contributed by atoms with Crippen LogP contribution in [0, 0.1) is 6.92 Å². The van der Waals surface area contributed by atoms with Crippen molar-refractivity contribution in [3.8, 4) is 5.69 Å². The van der Waals surface area contributed by atoms with E-state index in [4.69, 9.17) is 0 Å². The first kappa shape index (κ1) is 16.8. The van der Waals surface area contributed by atoms with Gasteiger partial charge in [0.05, 0.1) is 23.1 Å². The van der Waals surface area contributed by atoms with E-state index in [-0.39, 0.29) is 11.7 Å². The summed E-state index contributed by atoms with van der Waals surface area (Å²) in [6.07, 6.45) is 3.14. The minimum Gasteiger partial charge on any atom is -0.294 e. The number of hydrogen-bond donors (Lipinski definition) is 0. The van der Waals surface area contributed by atoms with Crippen LogP contribution in [0.5, 0.6) is 0 Å². The summed E-state index contributed by atoms with van der Waals surface area (Å²) in [4.78, 5) is 12.7. The molecular formula is C23H24N2O. The standard InChI is InChI=1S/C23H24N2O/c1-15(2)17-6-8-18(9-7-17)19-12-22-21(23(26)13-19)14-24-25(22)20-10-4-16(3)5-11-20/h4-11,14-15,19H,12-13H2,1-3H3/t19-/m1/s1. The van der Waals surface area contributed by atoms with Crippen molar-refractivity contribution >= 4 is 5.78 Å². The Labute approximate surface area is 154 Å². The van der Waals surface area contributed by atoms with Crippen LogP contribution in [0.15, 0.2) is 54.7 Å². The molecule has 0 amide bonds. The van der Waals surface area contributed by atoms with Crippen LogP contribution in [0.2, 0.25) is 0 Å². The molecule has 0 radical (unpaired) electrons. The van der Waals surface area contributed by atoms with E-state index in [2.05, 4.69) is 74.4 Å². The van der Waals surface area contributed by atoms with Gasteiger partial charge in [-0.2, -0.15) is 5.10 Å². The van der Waals surface area contributed by atoms with Gasteiger partial charge < -0.3 is 0 Å². The highest BCUT2D eigenvalue weighted by Crippen LogP contribution is 2.34. The van der Waals surface area contributed by atoms with Crippen LogP contribution in [0.4, 0.5) is 0 Å². The monoisotopic (exact) mass is 344 g/mol. The second kappa shape index (κ2) is 6.56. The molecule has 0 fully saturated rings. The van der Waals surface area contributed by atoms with E-state index in [1.807, 2.05) is 4.68 Å². The number of ketones is 1. The van der Waals surface area contributed by atoms with Gasteiger partial charge in [-0.3, -0.25) is 4.79 Å². The van der Waals surface area contributed by atoms with Crippen LogP contribution in [0.1, 0.15) is 64.8 Å². The topological polar surface area (TPSA) is 34.9 Å². The van der Waals surface area contributed by atoms with Gasteiger partial charge in [-0.05, 0) is 48.4 Å². The van der Waals surface area contributed by atoms with E-state index in [1.165, 1.54) is 16.7 Å². The van der Waals surface area contributed by atoms with E-state index < -0.39 is 0 Å². The summed E-state index contributed by atoms with van der Waals surface area (Å²) in [5, 5.41) is 4.51. The fourth-order valence-corrected chi connectivity index (χ4v) is 3.74. The van der Waals surface area contributed by atoms with E-state index in [9.17, 15) is 4.79 Å². The lowest BCUT2D eigenvalue weighted by Crippen LogP contribution is -2.20. The van der Waals surface area contributed by atoms with Crippen molar-refractivity contribution in [1.82, 2.24) is 9.78 Å². The molecule has 1 aromatic heterocycles. The first-order valence-corrected chi connectivity index (χ1v) is 9.30. The van der Waals surface area contributed by atoms with Gasteiger partial charge in [-0.1, -0.05) is 55.8 Å². The third kappa shape index (κ3) is 2.98. The lowest BCUT2D eigenvalue weighted by Gasteiger charge is -2.23. The molecule has 3 nitrogen and oxygen atoms in total. The predicted molar refractivity (Wildman–Crippen MR) is 104 cm³/mol. The molecule has 3 aromatic rings. The highest BCUT2D eigenvalue weighted by Gasteiger charge is 2.30. The second-order valence-corrected chi connectivity index (χ2v) is 7.60. The van der Waals surface area contributed by atoms with E-state index in [1.54, 1.807) is 6.20 Å². The Balaban J connectivity index is 1.68. The normalized spacial score (nSPS) is 16.8. The Morgan fingerprint density at radius 1 is 1.00 bits per heavy atom. The van der Waals surface area contributed by atoms with Crippen LogP contribution in [0.25, 0.3) is 5.69 Å². The molecule has 3 heteroatoms. The minimum atomic E-state index is 0.197. The van der Waals surface area contributed by atoms with Crippen molar-refractivity contribution in [1.29, 1.82) is 0 Å². The summed E-state index contributed by atoms with van der Waals surface area (Å²) >= 11 is 0. The molecule has 4 rings (SSSR count). The highest BCUT2D eigenvalue weighted by molar-refractivity contribution is 5.98. The smallest absolute Gasteiger partial charge is 0.166 e. The number of aromatic nitrogens is 2. The van der Waals surface area contributed by atoms with Gasteiger partial charge in [0, 0.05) is 6.42 Å². The molecule has 0 saturated carbocycles. The maximum Gasteiger partial charge on any atom is 0.166 e. The van der Waals surface area contributed by atoms with Crippen molar-refractivity contribution in [3.63, 3.8) is 0 Å². The second-order valence-electron chi connectivity index (χ2n) is 7.60. The number of Topliss-reactive ketones (excluding diaryl/α,β-unsaturated/α-hetero) is 1.